The summed E-state index contributed by atoms with van der Waals surface area (Å²) in [5, 5.41) is 2.54. The van der Waals surface area contributed by atoms with Crippen LogP contribution in [0.5, 0.6) is 0 Å². The van der Waals surface area contributed by atoms with Gasteiger partial charge in [0.05, 0.1) is 6.61 Å². The molecule has 0 heterocycles. The number of esters is 1. The molecule has 0 atom stereocenters. The second-order valence-corrected chi connectivity index (χ2v) is 4.30. The standard InChI is InChI=1S/C16H18O2/c1-2-18-16(17)12-6-10-14-9-5-8-13-7-3-4-11-15(13)14/h3-5,7-9,11H,2,6,10,12H2,1H3. The van der Waals surface area contributed by atoms with Gasteiger partial charge < -0.3 is 4.74 Å². The summed E-state index contributed by atoms with van der Waals surface area (Å²) in [6.07, 6.45) is 2.25. The summed E-state index contributed by atoms with van der Waals surface area (Å²) in [5.41, 5.74) is 1.30. The van der Waals surface area contributed by atoms with Crippen LogP contribution in [0.4, 0.5) is 0 Å². The summed E-state index contributed by atoms with van der Waals surface area (Å²) in [5.74, 6) is -0.0993. The van der Waals surface area contributed by atoms with Crippen molar-refractivity contribution in [1.29, 1.82) is 0 Å². The monoisotopic (exact) mass is 242 g/mol. The molecule has 0 radical (unpaired) electrons. The lowest BCUT2D eigenvalue weighted by atomic mass is 10.0. The van der Waals surface area contributed by atoms with Crippen LogP contribution in [0.25, 0.3) is 10.8 Å². The third-order valence-electron chi connectivity index (χ3n) is 3.01. The minimum atomic E-state index is -0.0993. The number of hydrogen-bond donors (Lipinski definition) is 0. The topological polar surface area (TPSA) is 26.3 Å². The number of carbonyl (C=O) groups is 1. The molecule has 2 aromatic rings. The maximum absolute atomic E-state index is 11.3. The fourth-order valence-electron chi connectivity index (χ4n) is 2.17. The van der Waals surface area contributed by atoms with Gasteiger partial charge in [-0.15, -0.1) is 0 Å². The van der Waals surface area contributed by atoms with E-state index < -0.39 is 0 Å². The first-order valence-electron chi connectivity index (χ1n) is 6.43. The number of aryl methyl sites for hydroxylation is 1. The van der Waals surface area contributed by atoms with Crippen LogP contribution in [0.15, 0.2) is 42.5 Å². The highest BCUT2D eigenvalue weighted by atomic mass is 16.5. The van der Waals surface area contributed by atoms with E-state index in [4.69, 9.17) is 4.74 Å². The third-order valence-corrected chi connectivity index (χ3v) is 3.01. The Morgan fingerprint density at radius 1 is 1.11 bits per heavy atom. The Morgan fingerprint density at radius 2 is 1.89 bits per heavy atom. The van der Waals surface area contributed by atoms with Crippen LogP contribution in [0.2, 0.25) is 0 Å². The molecule has 2 aromatic carbocycles. The molecule has 0 aromatic heterocycles. The van der Waals surface area contributed by atoms with E-state index in [1.807, 2.05) is 13.0 Å². The molecule has 0 saturated carbocycles. The Kier molecular flexibility index (Phi) is 4.35. The van der Waals surface area contributed by atoms with E-state index in [-0.39, 0.29) is 5.97 Å². The van der Waals surface area contributed by atoms with E-state index in [0.717, 1.165) is 12.8 Å². The van der Waals surface area contributed by atoms with Crippen LogP contribution in [0, 0.1) is 0 Å². The minimum Gasteiger partial charge on any atom is -0.466 e. The van der Waals surface area contributed by atoms with Gasteiger partial charge >= 0.3 is 5.97 Å². The highest BCUT2D eigenvalue weighted by molar-refractivity contribution is 5.85. The lowest BCUT2D eigenvalue weighted by molar-refractivity contribution is -0.143. The Bertz CT molecular complexity index is 526. The van der Waals surface area contributed by atoms with Crippen molar-refractivity contribution in [1.82, 2.24) is 0 Å². The van der Waals surface area contributed by atoms with Gasteiger partial charge in [-0.2, -0.15) is 0 Å². The van der Waals surface area contributed by atoms with Crippen molar-refractivity contribution < 1.29 is 9.53 Å². The number of fused-ring (bicyclic) bond motifs is 1. The number of carbonyl (C=O) groups excluding carboxylic acids is 1. The largest absolute Gasteiger partial charge is 0.466 e. The van der Waals surface area contributed by atoms with Crippen molar-refractivity contribution in [2.75, 3.05) is 6.61 Å². The molecule has 2 nitrogen and oxygen atoms in total. The van der Waals surface area contributed by atoms with Crippen molar-refractivity contribution in [2.24, 2.45) is 0 Å². The van der Waals surface area contributed by atoms with Crippen molar-refractivity contribution in [3.05, 3.63) is 48.0 Å². The second-order valence-electron chi connectivity index (χ2n) is 4.30. The molecule has 2 rings (SSSR count). The quantitative estimate of drug-likeness (QED) is 0.747. The normalized spacial score (nSPS) is 10.5. The van der Waals surface area contributed by atoms with Gasteiger partial charge in [0.25, 0.3) is 0 Å². The molecular formula is C16H18O2. The van der Waals surface area contributed by atoms with Gasteiger partial charge in [0.2, 0.25) is 0 Å². The Balaban J connectivity index is 2.01. The van der Waals surface area contributed by atoms with Crippen LogP contribution in [0.3, 0.4) is 0 Å². The first kappa shape index (κ1) is 12.6. The van der Waals surface area contributed by atoms with Gasteiger partial charge in [-0.3, -0.25) is 4.79 Å². The summed E-state index contributed by atoms with van der Waals surface area (Å²) in [6, 6.07) is 14.7. The van der Waals surface area contributed by atoms with Crippen LogP contribution in [0.1, 0.15) is 25.3 Å². The zero-order valence-electron chi connectivity index (χ0n) is 10.7. The zero-order chi connectivity index (χ0) is 12.8. The maximum Gasteiger partial charge on any atom is 0.305 e. The molecule has 0 saturated heterocycles. The van der Waals surface area contributed by atoms with Crippen molar-refractivity contribution in [3.63, 3.8) is 0 Å². The van der Waals surface area contributed by atoms with Gasteiger partial charge in [-0.05, 0) is 36.1 Å². The summed E-state index contributed by atoms with van der Waals surface area (Å²) in [6.45, 7) is 2.30. The van der Waals surface area contributed by atoms with Gasteiger partial charge in [-0.25, -0.2) is 0 Å². The number of ether oxygens (including phenoxy) is 1. The molecule has 94 valence electrons. The third kappa shape index (κ3) is 3.10. The number of benzene rings is 2. The molecule has 0 unspecified atom stereocenters. The molecule has 0 aliphatic heterocycles. The van der Waals surface area contributed by atoms with E-state index >= 15 is 0 Å². The average molecular weight is 242 g/mol. The van der Waals surface area contributed by atoms with Crippen molar-refractivity contribution in [2.45, 2.75) is 26.2 Å². The Labute approximate surface area is 108 Å². The van der Waals surface area contributed by atoms with Gasteiger partial charge in [0.1, 0.15) is 0 Å². The van der Waals surface area contributed by atoms with Gasteiger partial charge in [0, 0.05) is 6.42 Å². The van der Waals surface area contributed by atoms with Crippen LogP contribution < -0.4 is 0 Å². The second kappa shape index (κ2) is 6.20. The average Bonchev–Trinajstić information content (AvgIpc) is 2.39. The SMILES string of the molecule is CCOC(=O)CCCc1cccc2ccccc12. The predicted octanol–water partition coefficient (Wildman–Crippen LogP) is 3.73. The first-order valence-corrected chi connectivity index (χ1v) is 6.43. The zero-order valence-corrected chi connectivity index (χ0v) is 10.7. The predicted molar refractivity (Wildman–Crippen MR) is 73.5 cm³/mol. The maximum atomic E-state index is 11.3. The summed E-state index contributed by atoms with van der Waals surface area (Å²) in [4.78, 5) is 11.3. The van der Waals surface area contributed by atoms with E-state index in [2.05, 4.69) is 36.4 Å². The highest BCUT2D eigenvalue weighted by Crippen LogP contribution is 2.20. The lowest BCUT2D eigenvalue weighted by Crippen LogP contribution is -2.04. The molecular weight excluding hydrogens is 224 g/mol. The molecule has 0 N–H and O–H groups in total. The fourth-order valence-corrected chi connectivity index (χ4v) is 2.17. The molecule has 0 amide bonds. The van der Waals surface area contributed by atoms with E-state index in [9.17, 15) is 4.79 Å². The minimum absolute atomic E-state index is 0.0993. The van der Waals surface area contributed by atoms with Crippen LogP contribution >= 0.6 is 0 Å². The van der Waals surface area contributed by atoms with Crippen LogP contribution in [-0.4, -0.2) is 12.6 Å². The molecule has 0 fully saturated rings. The van der Waals surface area contributed by atoms with Crippen LogP contribution in [-0.2, 0) is 16.0 Å². The molecule has 18 heavy (non-hydrogen) atoms. The molecule has 0 aliphatic carbocycles. The lowest BCUT2D eigenvalue weighted by Gasteiger charge is -2.06. The van der Waals surface area contributed by atoms with Gasteiger partial charge in [-0.1, -0.05) is 42.5 Å². The molecule has 2 heteroatoms. The summed E-state index contributed by atoms with van der Waals surface area (Å²) in [7, 11) is 0. The number of hydrogen-bond acceptors (Lipinski definition) is 2. The van der Waals surface area contributed by atoms with E-state index in [1.165, 1.54) is 16.3 Å². The molecule has 0 bridgehead atoms. The van der Waals surface area contributed by atoms with Crippen molar-refractivity contribution in [3.8, 4) is 0 Å². The summed E-state index contributed by atoms with van der Waals surface area (Å²) >= 11 is 0. The van der Waals surface area contributed by atoms with Crippen molar-refractivity contribution >= 4 is 16.7 Å². The number of rotatable bonds is 5. The summed E-state index contributed by atoms with van der Waals surface area (Å²) < 4.78 is 4.93. The smallest absolute Gasteiger partial charge is 0.305 e. The van der Waals surface area contributed by atoms with Gasteiger partial charge in [0.15, 0.2) is 0 Å². The van der Waals surface area contributed by atoms with E-state index in [0.29, 0.717) is 13.0 Å². The molecule has 0 spiro atoms. The Morgan fingerprint density at radius 3 is 2.72 bits per heavy atom. The first-order chi connectivity index (χ1) is 8.81. The van der Waals surface area contributed by atoms with E-state index in [1.54, 1.807) is 0 Å². The Hall–Kier alpha value is -1.83. The molecule has 0 aliphatic rings. The fraction of sp³-hybridized carbons (Fsp3) is 0.312. The highest BCUT2D eigenvalue weighted by Gasteiger charge is 2.04.